The van der Waals surface area contributed by atoms with E-state index in [1.165, 1.54) is 25.9 Å². The SMILES string of the molecule is CC(CN1CCN(C2CC2)CC1)C(=N)N. The molecular formula is C11H22N4. The lowest BCUT2D eigenvalue weighted by Gasteiger charge is -2.35. The van der Waals surface area contributed by atoms with Crippen molar-refractivity contribution in [2.45, 2.75) is 25.8 Å². The van der Waals surface area contributed by atoms with Crippen LogP contribution in [-0.2, 0) is 0 Å². The zero-order valence-electron chi connectivity index (χ0n) is 9.58. The van der Waals surface area contributed by atoms with Crippen molar-refractivity contribution in [1.29, 1.82) is 5.41 Å². The van der Waals surface area contributed by atoms with Gasteiger partial charge >= 0.3 is 0 Å². The van der Waals surface area contributed by atoms with Crippen molar-refractivity contribution in [1.82, 2.24) is 9.80 Å². The number of amidine groups is 1. The molecule has 2 aliphatic rings. The van der Waals surface area contributed by atoms with Gasteiger partial charge in [-0.15, -0.1) is 0 Å². The van der Waals surface area contributed by atoms with Crippen LogP contribution in [0.2, 0.25) is 0 Å². The molecule has 0 bridgehead atoms. The van der Waals surface area contributed by atoms with Crippen LogP contribution in [0.15, 0.2) is 0 Å². The molecule has 0 radical (unpaired) electrons. The van der Waals surface area contributed by atoms with Gasteiger partial charge in [-0.05, 0) is 12.8 Å². The topological polar surface area (TPSA) is 56.4 Å². The van der Waals surface area contributed by atoms with Crippen molar-refractivity contribution in [3.8, 4) is 0 Å². The van der Waals surface area contributed by atoms with E-state index in [1.54, 1.807) is 0 Å². The first-order chi connectivity index (χ1) is 7.16. The van der Waals surface area contributed by atoms with Gasteiger partial charge in [0, 0.05) is 44.7 Å². The van der Waals surface area contributed by atoms with Crippen molar-refractivity contribution in [3.63, 3.8) is 0 Å². The second-order valence-corrected chi connectivity index (χ2v) is 4.92. The Labute approximate surface area is 91.9 Å². The summed E-state index contributed by atoms with van der Waals surface area (Å²) in [5.41, 5.74) is 5.48. The number of hydrogen-bond donors (Lipinski definition) is 2. The fourth-order valence-corrected chi connectivity index (χ4v) is 2.24. The molecule has 4 nitrogen and oxygen atoms in total. The highest BCUT2D eigenvalue weighted by atomic mass is 15.3. The molecule has 86 valence electrons. The van der Waals surface area contributed by atoms with Crippen LogP contribution in [0.1, 0.15) is 19.8 Å². The maximum Gasteiger partial charge on any atom is 0.0947 e. The summed E-state index contributed by atoms with van der Waals surface area (Å²) in [6.07, 6.45) is 2.81. The highest BCUT2D eigenvalue weighted by molar-refractivity contribution is 5.79. The van der Waals surface area contributed by atoms with E-state index in [0.29, 0.717) is 5.84 Å². The van der Waals surface area contributed by atoms with Gasteiger partial charge in [0.1, 0.15) is 0 Å². The van der Waals surface area contributed by atoms with E-state index >= 15 is 0 Å². The normalized spacial score (nSPS) is 26.5. The van der Waals surface area contributed by atoms with E-state index in [-0.39, 0.29) is 5.92 Å². The Morgan fingerprint density at radius 3 is 2.40 bits per heavy atom. The number of nitrogens with two attached hydrogens (primary N) is 1. The summed E-state index contributed by atoms with van der Waals surface area (Å²) in [6.45, 7) is 7.69. The summed E-state index contributed by atoms with van der Waals surface area (Å²) in [7, 11) is 0. The van der Waals surface area contributed by atoms with Crippen molar-refractivity contribution in [3.05, 3.63) is 0 Å². The average Bonchev–Trinajstić information content (AvgIpc) is 3.02. The first kappa shape index (κ1) is 10.9. The molecule has 0 aromatic rings. The summed E-state index contributed by atoms with van der Waals surface area (Å²) in [4.78, 5) is 5.04. The smallest absolute Gasteiger partial charge is 0.0947 e. The van der Waals surface area contributed by atoms with Gasteiger partial charge in [0.2, 0.25) is 0 Å². The van der Waals surface area contributed by atoms with Crippen molar-refractivity contribution < 1.29 is 0 Å². The third-order valence-electron chi connectivity index (χ3n) is 3.53. The second-order valence-electron chi connectivity index (χ2n) is 4.92. The van der Waals surface area contributed by atoms with Gasteiger partial charge in [-0.1, -0.05) is 6.92 Å². The molecule has 15 heavy (non-hydrogen) atoms. The maximum absolute atomic E-state index is 7.38. The number of nitrogens with zero attached hydrogens (tertiary/aromatic N) is 2. The Morgan fingerprint density at radius 2 is 1.93 bits per heavy atom. The fraction of sp³-hybridized carbons (Fsp3) is 0.909. The minimum absolute atomic E-state index is 0.206. The zero-order valence-corrected chi connectivity index (χ0v) is 9.58. The summed E-state index contributed by atoms with van der Waals surface area (Å²) in [5.74, 6) is 0.525. The highest BCUT2D eigenvalue weighted by Gasteiger charge is 2.31. The standard InChI is InChI=1S/C11H22N4/c1-9(11(12)13)8-14-4-6-15(7-5-14)10-2-3-10/h9-10H,2-8H2,1H3,(H3,12,13). The van der Waals surface area contributed by atoms with Crippen LogP contribution in [0.5, 0.6) is 0 Å². The Bertz CT molecular complexity index is 229. The molecule has 1 saturated heterocycles. The van der Waals surface area contributed by atoms with Gasteiger partial charge in [-0.3, -0.25) is 10.3 Å². The lowest BCUT2D eigenvalue weighted by molar-refractivity contribution is 0.121. The molecule has 1 saturated carbocycles. The number of hydrogen-bond acceptors (Lipinski definition) is 3. The first-order valence-electron chi connectivity index (χ1n) is 5.97. The molecule has 1 aliphatic carbocycles. The van der Waals surface area contributed by atoms with Crippen LogP contribution in [-0.4, -0.2) is 54.4 Å². The molecule has 3 N–H and O–H groups in total. The van der Waals surface area contributed by atoms with Crippen molar-refractivity contribution in [2.24, 2.45) is 11.7 Å². The molecule has 1 unspecified atom stereocenters. The Kier molecular flexibility index (Phi) is 3.26. The minimum atomic E-state index is 0.206. The van der Waals surface area contributed by atoms with E-state index in [2.05, 4.69) is 9.80 Å². The van der Waals surface area contributed by atoms with Crippen LogP contribution >= 0.6 is 0 Å². The molecule has 0 aromatic carbocycles. The van der Waals surface area contributed by atoms with Gasteiger partial charge in [0.15, 0.2) is 0 Å². The Balaban J connectivity index is 1.70. The molecule has 0 spiro atoms. The highest BCUT2D eigenvalue weighted by Crippen LogP contribution is 2.27. The lowest BCUT2D eigenvalue weighted by Crippen LogP contribution is -2.49. The van der Waals surface area contributed by atoms with Crippen LogP contribution < -0.4 is 5.73 Å². The van der Waals surface area contributed by atoms with E-state index in [9.17, 15) is 0 Å². The van der Waals surface area contributed by atoms with Crippen LogP contribution in [0, 0.1) is 11.3 Å². The average molecular weight is 210 g/mol. The summed E-state index contributed by atoms with van der Waals surface area (Å²) in [5, 5.41) is 7.38. The lowest BCUT2D eigenvalue weighted by atomic mass is 10.1. The molecule has 1 aliphatic heterocycles. The Hall–Kier alpha value is -0.610. The largest absolute Gasteiger partial charge is 0.387 e. The van der Waals surface area contributed by atoms with Gasteiger partial charge in [-0.25, -0.2) is 0 Å². The van der Waals surface area contributed by atoms with E-state index < -0.39 is 0 Å². The molecule has 1 heterocycles. The predicted molar refractivity (Wildman–Crippen MR) is 62.1 cm³/mol. The third-order valence-corrected chi connectivity index (χ3v) is 3.53. The molecule has 2 rings (SSSR count). The van der Waals surface area contributed by atoms with Crippen LogP contribution in [0.25, 0.3) is 0 Å². The van der Waals surface area contributed by atoms with Gasteiger partial charge < -0.3 is 10.6 Å². The second kappa shape index (κ2) is 4.49. The Morgan fingerprint density at radius 1 is 1.33 bits per heavy atom. The number of nitrogens with one attached hydrogen (secondary N) is 1. The molecular weight excluding hydrogens is 188 g/mol. The fourth-order valence-electron chi connectivity index (χ4n) is 2.24. The number of rotatable bonds is 4. The van der Waals surface area contributed by atoms with E-state index in [4.69, 9.17) is 11.1 Å². The van der Waals surface area contributed by atoms with E-state index in [1.807, 2.05) is 6.92 Å². The van der Waals surface area contributed by atoms with Crippen LogP contribution in [0.4, 0.5) is 0 Å². The molecule has 4 heteroatoms. The number of piperazine rings is 1. The van der Waals surface area contributed by atoms with Crippen LogP contribution in [0.3, 0.4) is 0 Å². The quantitative estimate of drug-likeness (QED) is 0.519. The molecule has 2 fully saturated rings. The van der Waals surface area contributed by atoms with Crippen molar-refractivity contribution >= 4 is 5.84 Å². The van der Waals surface area contributed by atoms with Gasteiger partial charge in [0.25, 0.3) is 0 Å². The third kappa shape index (κ3) is 2.92. The maximum atomic E-state index is 7.38. The van der Waals surface area contributed by atoms with E-state index in [0.717, 1.165) is 25.7 Å². The van der Waals surface area contributed by atoms with Gasteiger partial charge in [-0.2, -0.15) is 0 Å². The zero-order chi connectivity index (χ0) is 10.8. The molecule has 0 aromatic heterocycles. The van der Waals surface area contributed by atoms with Gasteiger partial charge in [0.05, 0.1) is 5.84 Å². The summed E-state index contributed by atoms with van der Waals surface area (Å²) >= 11 is 0. The monoisotopic (exact) mass is 210 g/mol. The summed E-state index contributed by atoms with van der Waals surface area (Å²) in [6, 6.07) is 0.900. The molecule has 0 amide bonds. The predicted octanol–water partition coefficient (Wildman–Crippen LogP) is 0.338. The minimum Gasteiger partial charge on any atom is -0.387 e. The van der Waals surface area contributed by atoms with Crippen molar-refractivity contribution in [2.75, 3.05) is 32.7 Å². The summed E-state index contributed by atoms with van der Waals surface area (Å²) < 4.78 is 0. The molecule has 1 atom stereocenters. The first-order valence-corrected chi connectivity index (χ1v) is 5.97.